The fraction of sp³-hybridized carbons (Fsp3) is 0.462. The van der Waals surface area contributed by atoms with Crippen LogP contribution in [0.5, 0.6) is 0 Å². The number of thioether (sulfide) groups is 2. The van der Waals surface area contributed by atoms with Crippen LogP contribution in [0.3, 0.4) is 0 Å². The van der Waals surface area contributed by atoms with E-state index in [9.17, 15) is 14.4 Å². The fourth-order valence-electron chi connectivity index (χ4n) is 1.23. The van der Waals surface area contributed by atoms with Crippen molar-refractivity contribution in [2.45, 2.75) is 24.8 Å². The van der Waals surface area contributed by atoms with E-state index in [1.54, 1.807) is 6.92 Å². The Morgan fingerprint density at radius 1 is 1.38 bits per heavy atom. The molecule has 1 unspecified atom stereocenters. The SMILES string of the molecule is CC(=O)SC[C@H](C)C(=O)OC(CSc1ccsc1)C(=O)O. The van der Waals surface area contributed by atoms with Crippen molar-refractivity contribution in [3.05, 3.63) is 16.8 Å². The number of rotatable bonds is 8. The quantitative estimate of drug-likeness (QED) is 0.571. The lowest BCUT2D eigenvalue weighted by molar-refractivity contribution is -0.164. The topological polar surface area (TPSA) is 80.7 Å². The minimum atomic E-state index is -1.19. The summed E-state index contributed by atoms with van der Waals surface area (Å²) in [6, 6.07) is 1.88. The molecule has 0 saturated carbocycles. The Labute approximate surface area is 135 Å². The highest BCUT2D eigenvalue weighted by atomic mass is 32.2. The highest BCUT2D eigenvalue weighted by Gasteiger charge is 2.25. The number of carboxylic acids is 1. The summed E-state index contributed by atoms with van der Waals surface area (Å²) < 4.78 is 5.02. The van der Waals surface area contributed by atoms with Gasteiger partial charge in [-0.1, -0.05) is 18.7 Å². The first-order valence-corrected chi connectivity index (χ1v) is 9.03. The van der Waals surface area contributed by atoms with Crippen LogP contribution in [0.25, 0.3) is 0 Å². The first-order valence-electron chi connectivity index (χ1n) is 6.11. The van der Waals surface area contributed by atoms with Crippen LogP contribution in [0.15, 0.2) is 21.7 Å². The monoisotopic (exact) mass is 348 g/mol. The minimum absolute atomic E-state index is 0.0857. The van der Waals surface area contributed by atoms with Gasteiger partial charge in [-0.05, 0) is 11.4 Å². The number of esters is 1. The number of hydrogen-bond acceptors (Lipinski definition) is 7. The molecular formula is C13H16O5S3. The van der Waals surface area contributed by atoms with Gasteiger partial charge in [0, 0.05) is 28.7 Å². The van der Waals surface area contributed by atoms with Crippen LogP contribution in [0, 0.1) is 5.92 Å². The molecule has 5 nitrogen and oxygen atoms in total. The van der Waals surface area contributed by atoms with E-state index in [0.717, 1.165) is 16.7 Å². The molecule has 0 spiro atoms. The molecule has 0 saturated heterocycles. The summed E-state index contributed by atoms with van der Waals surface area (Å²) in [5, 5.41) is 12.8. The van der Waals surface area contributed by atoms with Crippen LogP contribution in [-0.2, 0) is 19.1 Å². The first kappa shape index (κ1) is 18.1. The van der Waals surface area contributed by atoms with Crippen molar-refractivity contribution < 1.29 is 24.2 Å². The first-order chi connectivity index (χ1) is 9.90. The molecule has 1 N–H and O–H groups in total. The normalized spacial score (nSPS) is 13.4. The molecule has 0 amide bonds. The molecule has 0 fully saturated rings. The van der Waals surface area contributed by atoms with Crippen molar-refractivity contribution in [1.82, 2.24) is 0 Å². The number of aliphatic carboxylic acids is 1. The molecule has 8 heteroatoms. The van der Waals surface area contributed by atoms with Gasteiger partial charge < -0.3 is 9.84 Å². The summed E-state index contributed by atoms with van der Waals surface area (Å²) >= 11 is 3.87. The van der Waals surface area contributed by atoms with E-state index in [0.29, 0.717) is 0 Å². The van der Waals surface area contributed by atoms with E-state index in [-0.39, 0.29) is 16.6 Å². The lowest BCUT2D eigenvalue weighted by Crippen LogP contribution is -2.32. The average Bonchev–Trinajstić information content (AvgIpc) is 2.93. The molecule has 0 bridgehead atoms. The number of carbonyl (C=O) groups excluding carboxylic acids is 2. The Morgan fingerprint density at radius 2 is 2.10 bits per heavy atom. The summed E-state index contributed by atoms with van der Waals surface area (Å²) in [4.78, 5) is 34.7. The number of thiophene rings is 1. The molecule has 2 atom stereocenters. The lowest BCUT2D eigenvalue weighted by Gasteiger charge is -2.16. The molecular weight excluding hydrogens is 332 g/mol. The molecule has 0 aliphatic heterocycles. The zero-order valence-electron chi connectivity index (χ0n) is 11.6. The predicted molar refractivity (Wildman–Crippen MR) is 84.9 cm³/mol. The Hall–Kier alpha value is -0.990. The minimum Gasteiger partial charge on any atom is -0.478 e. The van der Waals surface area contributed by atoms with Gasteiger partial charge in [-0.15, -0.1) is 11.8 Å². The lowest BCUT2D eigenvalue weighted by atomic mass is 10.2. The zero-order valence-corrected chi connectivity index (χ0v) is 14.1. The van der Waals surface area contributed by atoms with Crippen molar-refractivity contribution in [2.24, 2.45) is 5.92 Å². The third-order valence-electron chi connectivity index (χ3n) is 2.37. The van der Waals surface area contributed by atoms with Crippen LogP contribution in [-0.4, -0.2) is 39.8 Å². The Bertz CT molecular complexity index is 486. The predicted octanol–water partition coefficient (Wildman–Crippen LogP) is 2.75. The van der Waals surface area contributed by atoms with E-state index < -0.39 is 24.0 Å². The van der Waals surface area contributed by atoms with Gasteiger partial charge in [-0.3, -0.25) is 9.59 Å². The van der Waals surface area contributed by atoms with E-state index in [2.05, 4.69) is 0 Å². The maximum atomic E-state index is 11.8. The van der Waals surface area contributed by atoms with E-state index >= 15 is 0 Å². The summed E-state index contributed by atoms with van der Waals surface area (Å²) in [6.07, 6.45) is -1.19. The highest BCUT2D eigenvalue weighted by Crippen LogP contribution is 2.22. The molecule has 0 aliphatic carbocycles. The van der Waals surface area contributed by atoms with Crippen molar-refractivity contribution in [3.8, 4) is 0 Å². The summed E-state index contributed by atoms with van der Waals surface area (Å²) in [5.74, 6) is -1.84. The Morgan fingerprint density at radius 3 is 2.62 bits per heavy atom. The van der Waals surface area contributed by atoms with Crippen molar-refractivity contribution in [2.75, 3.05) is 11.5 Å². The summed E-state index contributed by atoms with van der Waals surface area (Å²) in [6.45, 7) is 3.03. The number of carbonyl (C=O) groups is 3. The van der Waals surface area contributed by atoms with Crippen molar-refractivity contribution in [1.29, 1.82) is 0 Å². The third kappa shape index (κ3) is 7.01. The third-order valence-corrected chi connectivity index (χ3v) is 5.33. The maximum absolute atomic E-state index is 11.8. The fourth-order valence-corrected chi connectivity index (χ4v) is 3.61. The van der Waals surface area contributed by atoms with E-state index in [4.69, 9.17) is 9.84 Å². The van der Waals surface area contributed by atoms with Gasteiger partial charge in [0.05, 0.1) is 5.92 Å². The molecule has 1 heterocycles. The van der Waals surface area contributed by atoms with Crippen LogP contribution < -0.4 is 0 Å². The van der Waals surface area contributed by atoms with E-state index in [1.165, 1.54) is 30.0 Å². The van der Waals surface area contributed by atoms with Gasteiger partial charge in [0.15, 0.2) is 5.12 Å². The Kier molecular flexibility index (Phi) is 7.84. The van der Waals surface area contributed by atoms with Gasteiger partial charge in [-0.2, -0.15) is 11.3 Å². The van der Waals surface area contributed by atoms with Gasteiger partial charge in [0.2, 0.25) is 6.10 Å². The smallest absolute Gasteiger partial charge is 0.345 e. The molecule has 1 aromatic heterocycles. The number of ether oxygens (including phenoxy) is 1. The van der Waals surface area contributed by atoms with Crippen LogP contribution >= 0.6 is 34.9 Å². The van der Waals surface area contributed by atoms with Crippen molar-refractivity contribution in [3.63, 3.8) is 0 Å². The molecule has 1 rings (SSSR count). The van der Waals surface area contributed by atoms with E-state index in [1.807, 2.05) is 16.8 Å². The van der Waals surface area contributed by atoms with Crippen LogP contribution in [0.2, 0.25) is 0 Å². The zero-order chi connectivity index (χ0) is 15.8. The van der Waals surface area contributed by atoms with Crippen LogP contribution in [0.1, 0.15) is 13.8 Å². The van der Waals surface area contributed by atoms with Crippen LogP contribution in [0.4, 0.5) is 0 Å². The average molecular weight is 348 g/mol. The molecule has 0 radical (unpaired) electrons. The molecule has 0 aromatic carbocycles. The van der Waals surface area contributed by atoms with Gasteiger partial charge in [0.25, 0.3) is 0 Å². The van der Waals surface area contributed by atoms with Gasteiger partial charge in [0.1, 0.15) is 0 Å². The summed E-state index contributed by atoms with van der Waals surface area (Å²) in [7, 11) is 0. The second-order valence-corrected chi connectivity index (χ2v) is 7.31. The summed E-state index contributed by atoms with van der Waals surface area (Å²) in [5.41, 5.74) is 0. The molecule has 116 valence electrons. The van der Waals surface area contributed by atoms with Gasteiger partial charge >= 0.3 is 11.9 Å². The molecule has 1 aromatic rings. The van der Waals surface area contributed by atoms with Gasteiger partial charge in [-0.25, -0.2) is 4.79 Å². The second kappa shape index (κ2) is 9.11. The number of hydrogen-bond donors (Lipinski definition) is 1. The van der Waals surface area contributed by atoms with Crippen molar-refractivity contribution >= 4 is 51.9 Å². The molecule has 0 aliphatic rings. The Balaban J connectivity index is 2.47. The standard InChI is InChI=1S/C13H16O5S3/c1-8(5-20-9(2)14)13(17)18-11(12(15)16)7-21-10-3-4-19-6-10/h3-4,6,8,11H,5,7H2,1-2H3,(H,15,16)/t8-,11?/m0/s1. The second-order valence-electron chi connectivity index (χ2n) is 4.24. The number of carboxylic acid groups (broad SMARTS) is 1. The maximum Gasteiger partial charge on any atom is 0.345 e. The highest BCUT2D eigenvalue weighted by molar-refractivity contribution is 8.13. The largest absolute Gasteiger partial charge is 0.478 e. The molecule has 21 heavy (non-hydrogen) atoms.